The van der Waals surface area contributed by atoms with Gasteiger partial charge in [0.2, 0.25) is 0 Å². The zero-order valence-electron chi connectivity index (χ0n) is 11.4. The summed E-state index contributed by atoms with van der Waals surface area (Å²) in [6.45, 7) is 0. The Labute approximate surface area is 146 Å². The van der Waals surface area contributed by atoms with Gasteiger partial charge in [-0.2, -0.15) is 0 Å². The molecular weight excluding hydrogens is 361 g/mol. The Kier molecular flexibility index (Phi) is 5.49. The summed E-state index contributed by atoms with van der Waals surface area (Å²) in [4.78, 5) is 22.4. The fourth-order valence-electron chi connectivity index (χ4n) is 1.76. The predicted octanol–water partition coefficient (Wildman–Crippen LogP) is 4.03. The molecule has 0 aliphatic carbocycles. The molecule has 2 rings (SSSR count). The van der Waals surface area contributed by atoms with Crippen molar-refractivity contribution >= 4 is 57.8 Å². The van der Waals surface area contributed by atoms with Crippen LogP contribution in [0.4, 0.5) is 11.4 Å². The van der Waals surface area contributed by atoms with E-state index in [0.29, 0.717) is 15.7 Å². The molecule has 9 heteroatoms. The van der Waals surface area contributed by atoms with E-state index in [1.54, 1.807) is 18.2 Å². The predicted molar refractivity (Wildman–Crippen MR) is 93.2 cm³/mol. The van der Waals surface area contributed by atoms with Crippen molar-refractivity contribution in [2.45, 2.75) is 0 Å². The van der Waals surface area contributed by atoms with Crippen LogP contribution in [0.2, 0.25) is 10.0 Å². The van der Waals surface area contributed by atoms with E-state index < -0.39 is 10.8 Å². The fraction of sp³-hybridized carbons (Fsp3) is 0. The second-order valence-electron chi connectivity index (χ2n) is 4.28. The molecule has 0 radical (unpaired) electrons. The molecular formula is C14H9Cl2N3O3S. The van der Waals surface area contributed by atoms with E-state index in [1.165, 1.54) is 24.3 Å². The standard InChI is InChI=1S/C14H9Cl2N3O3S/c15-9-5-3-6-10(16)12(9)17-14(23)18-13(20)8-4-1-2-7-11(8)19(21)22/h1-7H,(H2,17,18,20,23). The molecule has 2 N–H and O–H groups in total. The first-order chi connectivity index (χ1) is 10.9. The molecule has 0 saturated heterocycles. The van der Waals surface area contributed by atoms with E-state index in [4.69, 9.17) is 35.4 Å². The molecule has 23 heavy (non-hydrogen) atoms. The van der Waals surface area contributed by atoms with Crippen molar-refractivity contribution in [1.29, 1.82) is 0 Å². The molecule has 0 fully saturated rings. The minimum Gasteiger partial charge on any atom is -0.330 e. The van der Waals surface area contributed by atoms with Gasteiger partial charge in [0.05, 0.1) is 20.7 Å². The second kappa shape index (κ2) is 7.36. The van der Waals surface area contributed by atoms with Gasteiger partial charge in [-0.1, -0.05) is 41.4 Å². The topological polar surface area (TPSA) is 84.3 Å². The Morgan fingerprint density at radius 1 is 1.09 bits per heavy atom. The Hall–Kier alpha value is -2.22. The molecule has 0 bridgehead atoms. The van der Waals surface area contributed by atoms with Gasteiger partial charge >= 0.3 is 0 Å². The first-order valence-electron chi connectivity index (χ1n) is 6.20. The van der Waals surface area contributed by atoms with Gasteiger partial charge in [-0.05, 0) is 30.4 Å². The number of rotatable bonds is 3. The van der Waals surface area contributed by atoms with E-state index in [0.717, 1.165) is 0 Å². The normalized spacial score (nSPS) is 10.0. The lowest BCUT2D eigenvalue weighted by Crippen LogP contribution is -2.34. The largest absolute Gasteiger partial charge is 0.330 e. The van der Waals surface area contributed by atoms with E-state index in [9.17, 15) is 14.9 Å². The van der Waals surface area contributed by atoms with Crippen LogP contribution in [0, 0.1) is 10.1 Å². The number of nitrogens with zero attached hydrogens (tertiary/aromatic N) is 1. The van der Waals surface area contributed by atoms with Crippen LogP contribution in [0.25, 0.3) is 0 Å². The number of carbonyl (C=O) groups excluding carboxylic acids is 1. The maximum Gasteiger partial charge on any atom is 0.282 e. The van der Waals surface area contributed by atoms with E-state index in [-0.39, 0.29) is 16.4 Å². The third-order valence-electron chi connectivity index (χ3n) is 2.77. The molecule has 0 atom stereocenters. The van der Waals surface area contributed by atoms with Crippen LogP contribution < -0.4 is 10.6 Å². The molecule has 0 aromatic heterocycles. The number of anilines is 1. The van der Waals surface area contributed by atoms with Gasteiger partial charge < -0.3 is 5.32 Å². The highest BCUT2D eigenvalue weighted by Crippen LogP contribution is 2.29. The van der Waals surface area contributed by atoms with Gasteiger partial charge in [0, 0.05) is 6.07 Å². The van der Waals surface area contributed by atoms with Crippen molar-refractivity contribution in [3.05, 3.63) is 68.2 Å². The first kappa shape index (κ1) is 17.1. The van der Waals surface area contributed by atoms with E-state index in [2.05, 4.69) is 10.6 Å². The molecule has 0 aliphatic heterocycles. The number of halogens is 2. The molecule has 0 unspecified atom stereocenters. The van der Waals surface area contributed by atoms with Crippen molar-refractivity contribution in [2.75, 3.05) is 5.32 Å². The van der Waals surface area contributed by atoms with Gasteiger partial charge in [-0.3, -0.25) is 20.2 Å². The van der Waals surface area contributed by atoms with Crippen LogP contribution in [0.1, 0.15) is 10.4 Å². The fourth-order valence-corrected chi connectivity index (χ4v) is 2.44. The molecule has 1 amide bonds. The highest BCUT2D eigenvalue weighted by Gasteiger charge is 2.20. The maximum atomic E-state index is 12.1. The number of benzene rings is 2. The summed E-state index contributed by atoms with van der Waals surface area (Å²) in [7, 11) is 0. The zero-order valence-corrected chi connectivity index (χ0v) is 13.7. The van der Waals surface area contributed by atoms with Gasteiger partial charge in [-0.15, -0.1) is 0 Å². The molecule has 2 aromatic rings. The van der Waals surface area contributed by atoms with Crippen LogP contribution in [0.5, 0.6) is 0 Å². The lowest BCUT2D eigenvalue weighted by atomic mass is 10.1. The first-order valence-corrected chi connectivity index (χ1v) is 7.36. The number of amides is 1. The van der Waals surface area contributed by atoms with E-state index in [1.807, 2.05) is 0 Å². The minimum absolute atomic E-state index is 0.0804. The SMILES string of the molecule is O=C(NC(=S)Nc1c(Cl)cccc1Cl)c1ccccc1[N+](=O)[O-]. The summed E-state index contributed by atoms with van der Waals surface area (Å²) < 4.78 is 0. The van der Waals surface area contributed by atoms with Crippen LogP contribution >= 0.6 is 35.4 Å². The molecule has 0 spiro atoms. The lowest BCUT2D eigenvalue weighted by molar-refractivity contribution is -0.385. The van der Waals surface area contributed by atoms with Crippen molar-refractivity contribution in [1.82, 2.24) is 5.32 Å². The average molecular weight is 370 g/mol. The number of hydrogen-bond donors (Lipinski definition) is 2. The Morgan fingerprint density at radius 2 is 1.70 bits per heavy atom. The number of nitro benzene ring substituents is 1. The van der Waals surface area contributed by atoms with Gasteiger partial charge in [0.15, 0.2) is 5.11 Å². The number of thiocarbonyl (C=S) groups is 1. The smallest absolute Gasteiger partial charge is 0.282 e. The Balaban J connectivity index is 2.15. The number of nitro groups is 1. The minimum atomic E-state index is -0.710. The number of hydrogen-bond acceptors (Lipinski definition) is 4. The summed E-state index contributed by atoms with van der Waals surface area (Å²) in [5, 5.41) is 16.5. The molecule has 0 aliphatic rings. The zero-order chi connectivity index (χ0) is 17.0. The van der Waals surface area contributed by atoms with Crippen molar-refractivity contribution in [2.24, 2.45) is 0 Å². The number of nitrogens with one attached hydrogen (secondary N) is 2. The molecule has 2 aromatic carbocycles. The van der Waals surface area contributed by atoms with Crippen LogP contribution in [-0.2, 0) is 0 Å². The number of carbonyl (C=O) groups is 1. The van der Waals surface area contributed by atoms with Crippen LogP contribution in [-0.4, -0.2) is 15.9 Å². The summed E-state index contributed by atoms with van der Waals surface area (Å²) in [5.74, 6) is -0.710. The highest BCUT2D eigenvalue weighted by atomic mass is 35.5. The lowest BCUT2D eigenvalue weighted by Gasteiger charge is -2.12. The van der Waals surface area contributed by atoms with Gasteiger partial charge in [-0.25, -0.2) is 0 Å². The van der Waals surface area contributed by atoms with Crippen molar-refractivity contribution in [3.8, 4) is 0 Å². The van der Waals surface area contributed by atoms with Crippen molar-refractivity contribution in [3.63, 3.8) is 0 Å². The summed E-state index contributed by atoms with van der Waals surface area (Å²) in [5.41, 5.74) is -0.0841. The number of para-hydroxylation sites is 2. The average Bonchev–Trinajstić information content (AvgIpc) is 2.51. The second-order valence-corrected chi connectivity index (χ2v) is 5.50. The highest BCUT2D eigenvalue weighted by molar-refractivity contribution is 7.80. The quantitative estimate of drug-likeness (QED) is 0.484. The third kappa shape index (κ3) is 4.16. The van der Waals surface area contributed by atoms with E-state index >= 15 is 0 Å². The Morgan fingerprint density at radius 3 is 2.30 bits per heavy atom. The van der Waals surface area contributed by atoms with Crippen molar-refractivity contribution < 1.29 is 9.72 Å². The molecule has 0 heterocycles. The van der Waals surface area contributed by atoms with Crippen LogP contribution in [0.15, 0.2) is 42.5 Å². The summed E-state index contributed by atoms with van der Waals surface area (Å²) in [6.07, 6.45) is 0. The van der Waals surface area contributed by atoms with Gasteiger partial charge in [0.1, 0.15) is 5.56 Å². The molecule has 0 saturated carbocycles. The monoisotopic (exact) mass is 369 g/mol. The Bertz CT molecular complexity index is 778. The van der Waals surface area contributed by atoms with Crippen LogP contribution in [0.3, 0.4) is 0 Å². The van der Waals surface area contributed by atoms with Gasteiger partial charge in [0.25, 0.3) is 11.6 Å². The molecule has 118 valence electrons. The summed E-state index contributed by atoms with van der Waals surface area (Å²) in [6, 6.07) is 10.4. The molecule has 6 nitrogen and oxygen atoms in total. The maximum absolute atomic E-state index is 12.1. The third-order valence-corrected chi connectivity index (χ3v) is 3.61. The summed E-state index contributed by atoms with van der Waals surface area (Å²) >= 11 is 17.0.